The molecule has 1 aromatic carbocycles. The number of aryl methyl sites for hydroxylation is 2. The Kier molecular flexibility index (Phi) is 6.18. The number of methoxy groups -OCH3 is 1. The second-order valence-electron chi connectivity index (χ2n) is 8.25. The van der Waals surface area contributed by atoms with Crippen LogP contribution >= 0.6 is 0 Å². The van der Waals surface area contributed by atoms with E-state index in [1.165, 1.54) is 12.8 Å². The van der Waals surface area contributed by atoms with Crippen molar-refractivity contribution in [2.75, 3.05) is 33.4 Å². The summed E-state index contributed by atoms with van der Waals surface area (Å²) in [5, 5.41) is 8.98. The molecule has 1 saturated carbocycles. The molecule has 1 N–H and O–H groups in total. The van der Waals surface area contributed by atoms with Crippen LogP contribution in [-0.4, -0.2) is 66.1 Å². The van der Waals surface area contributed by atoms with Crippen LogP contribution in [0.5, 0.6) is 0 Å². The minimum absolute atomic E-state index is 0.0206. The summed E-state index contributed by atoms with van der Waals surface area (Å²) in [5.74, 6) is -0.0206. The number of fused-ring (bicyclic) bond motifs is 1. The van der Waals surface area contributed by atoms with Crippen LogP contribution in [0.4, 0.5) is 0 Å². The van der Waals surface area contributed by atoms with Gasteiger partial charge >= 0.3 is 0 Å². The molecule has 2 fully saturated rings. The molecule has 0 bridgehead atoms. The van der Waals surface area contributed by atoms with E-state index in [1.807, 2.05) is 18.5 Å². The number of amides is 1. The number of hydrogen-bond acceptors (Lipinski definition) is 5. The number of aromatic nitrogens is 2. The van der Waals surface area contributed by atoms with Crippen molar-refractivity contribution in [1.29, 1.82) is 0 Å². The van der Waals surface area contributed by atoms with Crippen LogP contribution in [0.1, 0.15) is 43.5 Å². The molecule has 2 aliphatic rings. The van der Waals surface area contributed by atoms with E-state index in [-0.39, 0.29) is 18.1 Å². The van der Waals surface area contributed by atoms with Crippen LogP contribution in [0.2, 0.25) is 0 Å². The minimum Gasteiger partial charge on any atom is -0.385 e. The molecule has 158 valence electrons. The number of rotatable bonds is 8. The number of nitrogens with zero attached hydrogens (tertiary/aromatic N) is 3. The van der Waals surface area contributed by atoms with Gasteiger partial charge in [0.15, 0.2) is 0 Å². The van der Waals surface area contributed by atoms with Gasteiger partial charge in [0.1, 0.15) is 6.10 Å². The normalized spacial score (nSPS) is 21.4. The lowest BCUT2D eigenvalue weighted by Gasteiger charge is -2.32. The molecule has 1 amide bonds. The standard InChI is InChI=1S/C22H32N4O3/c1-15(23-22(27)21-14-25(10-12-29-21)18-6-7-18)17-5-8-19-16(2)24-26(20(19)13-17)9-4-11-28-3/h5,8,13,15,18,21H,4,6-7,9-12,14H2,1-3H3,(H,23,27)/t15-,21?/m1/s1. The predicted octanol–water partition coefficient (Wildman–Crippen LogP) is 2.42. The van der Waals surface area contributed by atoms with Crippen molar-refractivity contribution in [1.82, 2.24) is 20.0 Å². The fraction of sp³-hybridized carbons (Fsp3) is 0.636. The van der Waals surface area contributed by atoms with Crippen LogP contribution in [-0.2, 0) is 20.8 Å². The molecule has 0 radical (unpaired) electrons. The van der Waals surface area contributed by atoms with E-state index in [0.717, 1.165) is 41.7 Å². The van der Waals surface area contributed by atoms with Crippen LogP contribution in [0, 0.1) is 6.92 Å². The third kappa shape index (κ3) is 4.63. The van der Waals surface area contributed by atoms with Crippen molar-refractivity contribution in [3.8, 4) is 0 Å². The van der Waals surface area contributed by atoms with Gasteiger partial charge in [-0.25, -0.2) is 0 Å². The smallest absolute Gasteiger partial charge is 0.250 e. The number of carbonyl (C=O) groups is 1. The van der Waals surface area contributed by atoms with Crippen LogP contribution < -0.4 is 5.32 Å². The first kappa shape index (κ1) is 20.3. The lowest BCUT2D eigenvalue weighted by molar-refractivity contribution is -0.139. The number of morpholine rings is 1. The van der Waals surface area contributed by atoms with E-state index in [1.54, 1.807) is 7.11 Å². The molecular weight excluding hydrogens is 368 g/mol. The predicted molar refractivity (Wildman–Crippen MR) is 112 cm³/mol. The maximum atomic E-state index is 12.8. The Morgan fingerprint density at radius 3 is 3.00 bits per heavy atom. The molecule has 7 heteroatoms. The van der Waals surface area contributed by atoms with Gasteiger partial charge in [-0.1, -0.05) is 12.1 Å². The summed E-state index contributed by atoms with van der Waals surface area (Å²) in [5.41, 5.74) is 3.20. The molecule has 2 atom stereocenters. The summed E-state index contributed by atoms with van der Waals surface area (Å²) in [6.07, 6.45) is 3.04. The molecule has 4 rings (SSSR count). The third-order valence-corrected chi connectivity index (χ3v) is 5.99. The van der Waals surface area contributed by atoms with E-state index < -0.39 is 0 Å². The molecule has 1 aliphatic carbocycles. The van der Waals surface area contributed by atoms with Crippen molar-refractivity contribution in [3.05, 3.63) is 29.5 Å². The summed E-state index contributed by atoms with van der Waals surface area (Å²) < 4.78 is 13.0. The van der Waals surface area contributed by atoms with Crippen molar-refractivity contribution >= 4 is 16.8 Å². The first-order valence-corrected chi connectivity index (χ1v) is 10.7. The zero-order valence-electron chi connectivity index (χ0n) is 17.7. The van der Waals surface area contributed by atoms with Gasteiger partial charge in [-0.2, -0.15) is 5.10 Å². The Labute approximate surface area is 172 Å². The zero-order valence-corrected chi connectivity index (χ0v) is 17.7. The molecule has 1 aromatic heterocycles. The number of benzene rings is 1. The van der Waals surface area contributed by atoms with Crippen molar-refractivity contribution in [3.63, 3.8) is 0 Å². The van der Waals surface area contributed by atoms with Gasteiger partial charge in [0, 0.05) is 44.8 Å². The highest BCUT2D eigenvalue weighted by Gasteiger charge is 2.35. The SMILES string of the molecule is COCCCn1nc(C)c2ccc([C@@H](C)NC(=O)C3CN(C4CC4)CCO3)cc21. The van der Waals surface area contributed by atoms with Crippen molar-refractivity contribution in [2.24, 2.45) is 0 Å². The largest absolute Gasteiger partial charge is 0.385 e. The van der Waals surface area contributed by atoms with Crippen LogP contribution in [0.25, 0.3) is 10.9 Å². The van der Waals surface area contributed by atoms with Gasteiger partial charge in [-0.05, 0) is 44.7 Å². The third-order valence-electron chi connectivity index (χ3n) is 5.99. The van der Waals surface area contributed by atoms with Gasteiger partial charge < -0.3 is 14.8 Å². The molecule has 1 unspecified atom stereocenters. The van der Waals surface area contributed by atoms with E-state index >= 15 is 0 Å². The highest BCUT2D eigenvalue weighted by atomic mass is 16.5. The number of hydrogen-bond donors (Lipinski definition) is 1. The number of ether oxygens (including phenoxy) is 2. The van der Waals surface area contributed by atoms with E-state index in [0.29, 0.717) is 25.8 Å². The van der Waals surface area contributed by atoms with Crippen molar-refractivity contribution < 1.29 is 14.3 Å². The Morgan fingerprint density at radius 2 is 2.24 bits per heavy atom. The van der Waals surface area contributed by atoms with Gasteiger partial charge in [-0.3, -0.25) is 14.4 Å². The summed E-state index contributed by atoms with van der Waals surface area (Å²) in [6, 6.07) is 6.91. The first-order chi connectivity index (χ1) is 14.1. The maximum absolute atomic E-state index is 12.8. The van der Waals surface area contributed by atoms with Gasteiger partial charge in [0.25, 0.3) is 5.91 Å². The second-order valence-corrected chi connectivity index (χ2v) is 8.25. The quantitative estimate of drug-likeness (QED) is 0.690. The van der Waals surface area contributed by atoms with Gasteiger partial charge in [-0.15, -0.1) is 0 Å². The Balaban J connectivity index is 1.44. The molecule has 1 saturated heterocycles. The lowest BCUT2D eigenvalue weighted by Crippen LogP contribution is -2.50. The maximum Gasteiger partial charge on any atom is 0.250 e. The van der Waals surface area contributed by atoms with E-state index in [2.05, 4.69) is 33.5 Å². The monoisotopic (exact) mass is 400 g/mol. The fourth-order valence-corrected chi connectivity index (χ4v) is 4.14. The minimum atomic E-state index is -0.377. The second kappa shape index (κ2) is 8.81. The molecule has 2 aromatic rings. The average Bonchev–Trinajstić information content (AvgIpc) is 3.53. The molecule has 7 nitrogen and oxygen atoms in total. The Bertz CT molecular complexity index is 861. The van der Waals surface area contributed by atoms with Crippen LogP contribution in [0.15, 0.2) is 18.2 Å². The highest BCUT2D eigenvalue weighted by molar-refractivity contribution is 5.84. The Hall–Kier alpha value is -1.96. The Morgan fingerprint density at radius 1 is 1.41 bits per heavy atom. The molecule has 0 spiro atoms. The molecule has 1 aliphatic heterocycles. The number of carbonyl (C=O) groups excluding carboxylic acids is 1. The van der Waals surface area contributed by atoms with E-state index in [4.69, 9.17) is 9.47 Å². The van der Waals surface area contributed by atoms with Crippen LogP contribution in [0.3, 0.4) is 0 Å². The first-order valence-electron chi connectivity index (χ1n) is 10.7. The molecular formula is C22H32N4O3. The topological polar surface area (TPSA) is 68.6 Å². The number of nitrogens with one attached hydrogen (secondary N) is 1. The van der Waals surface area contributed by atoms with Gasteiger partial charge in [0.05, 0.1) is 23.9 Å². The fourth-order valence-electron chi connectivity index (χ4n) is 4.14. The summed E-state index contributed by atoms with van der Waals surface area (Å²) in [6.45, 7) is 7.86. The van der Waals surface area contributed by atoms with Gasteiger partial charge in [0.2, 0.25) is 0 Å². The van der Waals surface area contributed by atoms with E-state index in [9.17, 15) is 4.79 Å². The summed E-state index contributed by atoms with van der Waals surface area (Å²) >= 11 is 0. The summed E-state index contributed by atoms with van der Waals surface area (Å²) in [4.78, 5) is 15.2. The molecule has 29 heavy (non-hydrogen) atoms. The molecule has 2 heterocycles. The average molecular weight is 401 g/mol. The highest BCUT2D eigenvalue weighted by Crippen LogP contribution is 2.28. The van der Waals surface area contributed by atoms with Crippen molar-refractivity contribution in [2.45, 2.75) is 57.8 Å². The zero-order chi connectivity index (χ0) is 20.4. The lowest BCUT2D eigenvalue weighted by atomic mass is 10.1. The summed E-state index contributed by atoms with van der Waals surface area (Å²) in [7, 11) is 1.72.